The summed E-state index contributed by atoms with van der Waals surface area (Å²) in [5.74, 6) is -0.116. The summed E-state index contributed by atoms with van der Waals surface area (Å²) in [6.07, 6.45) is 3.49. The highest BCUT2D eigenvalue weighted by molar-refractivity contribution is 6.30. The number of benzene rings is 2. The van der Waals surface area contributed by atoms with Gasteiger partial charge in [0.15, 0.2) is 5.66 Å². The van der Waals surface area contributed by atoms with Gasteiger partial charge in [-0.25, -0.2) is 0 Å². The molecule has 3 heterocycles. The van der Waals surface area contributed by atoms with Crippen molar-refractivity contribution in [2.75, 3.05) is 19.6 Å². The minimum absolute atomic E-state index is 0.0517. The van der Waals surface area contributed by atoms with E-state index in [0.29, 0.717) is 30.2 Å². The number of aromatic nitrogens is 1. The van der Waals surface area contributed by atoms with E-state index in [9.17, 15) is 9.59 Å². The fourth-order valence-corrected chi connectivity index (χ4v) is 4.82. The van der Waals surface area contributed by atoms with Crippen LogP contribution in [0.4, 0.5) is 0 Å². The Balaban J connectivity index is 1.51. The van der Waals surface area contributed by atoms with Crippen LogP contribution in [0.3, 0.4) is 0 Å². The Morgan fingerprint density at radius 3 is 2.65 bits per heavy atom. The molecule has 3 aromatic rings. The van der Waals surface area contributed by atoms with Gasteiger partial charge in [-0.2, -0.15) is 0 Å². The van der Waals surface area contributed by atoms with E-state index in [1.165, 1.54) is 0 Å². The molecule has 156 valence electrons. The summed E-state index contributed by atoms with van der Waals surface area (Å²) in [4.78, 5) is 34.4. The highest BCUT2D eigenvalue weighted by Gasteiger charge is 2.59. The van der Waals surface area contributed by atoms with Crippen LogP contribution in [0, 0.1) is 0 Å². The molecule has 1 unspecified atom stereocenters. The molecule has 2 aromatic carbocycles. The molecule has 0 bridgehead atoms. The molecule has 2 aliphatic heterocycles. The number of nitrogens with one attached hydrogen (secondary N) is 1. The largest absolute Gasteiger partial charge is 0.309 e. The Kier molecular flexibility index (Phi) is 4.96. The minimum atomic E-state index is -0.953. The van der Waals surface area contributed by atoms with Crippen molar-refractivity contribution in [2.24, 2.45) is 0 Å². The van der Waals surface area contributed by atoms with Crippen molar-refractivity contribution in [3.63, 3.8) is 0 Å². The van der Waals surface area contributed by atoms with Crippen LogP contribution in [0.1, 0.15) is 27.0 Å². The van der Waals surface area contributed by atoms with Crippen molar-refractivity contribution in [2.45, 2.75) is 12.2 Å². The number of hydrogen-bond donors (Lipinski definition) is 1. The molecule has 1 N–H and O–H groups in total. The topological polar surface area (TPSA) is 65.5 Å². The lowest BCUT2D eigenvalue weighted by molar-refractivity contribution is -0.135. The Morgan fingerprint density at radius 2 is 1.87 bits per heavy atom. The lowest BCUT2D eigenvalue weighted by Gasteiger charge is -2.40. The molecule has 1 saturated heterocycles. The molecule has 0 radical (unpaired) electrons. The number of pyridine rings is 1. The van der Waals surface area contributed by atoms with Gasteiger partial charge in [-0.05, 0) is 29.8 Å². The van der Waals surface area contributed by atoms with Gasteiger partial charge in [-0.3, -0.25) is 14.6 Å². The second-order valence-electron chi connectivity index (χ2n) is 7.69. The molecule has 5 rings (SSSR count). The smallest absolute Gasteiger partial charge is 0.256 e. The van der Waals surface area contributed by atoms with Crippen molar-refractivity contribution >= 4 is 23.4 Å². The van der Waals surface area contributed by atoms with E-state index in [4.69, 9.17) is 11.6 Å². The van der Waals surface area contributed by atoms with Crippen LogP contribution in [-0.4, -0.2) is 46.2 Å². The summed E-state index contributed by atoms with van der Waals surface area (Å²) in [5, 5.41) is 3.83. The SMILES string of the molecule is O=C(CNCc1cccnc1)N1CCN2C(=O)c3ccccc3C12c1ccc(Cl)cc1. The van der Waals surface area contributed by atoms with Gasteiger partial charge in [-0.15, -0.1) is 0 Å². The molecular formula is C24H21ClN4O2. The molecule has 0 saturated carbocycles. The van der Waals surface area contributed by atoms with Crippen LogP contribution in [0.2, 0.25) is 5.02 Å². The number of hydrogen-bond acceptors (Lipinski definition) is 4. The Labute approximate surface area is 185 Å². The summed E-state index contributed by atoms with van der Waals surface area (Å²) in [7, 11) is 0. The highest BCUT2D eigenvalue weighted by atomic mass is 35.5. The Hall–Kier alpha value is -3.22. The zero-order chi connectivity index (χ0) is 21.4. The molecule has 7 heteroatoms. The van der Waals surface area contributed by atoms with E-state index in [2.05, 4.69) is 10.3 Å². The maximum absolute atomic E-state index is 13.4. The number of nitrogens with zero attached hydrogens (tertiary/aromatic N) is 3. The van der Waals surface area contributed by atoms with Gasteiger partial charge in [0.1, 0.15) is 0 Å². The molecule has 2 aliphatic rings. The van der Waals surface area contributed by atoms with Crippen LogP contribution in [0.25, 0.3) is 0 Å². The van der Waals surface area contributed by atoms with Crippen molar-refractivity contribution in [1.29, 1.82) is 0 Å². The first-order valence-electron chi connectivity index (χ1n) is 10.2. The van der Waals surface area contributed by atoms with Crippen molar-refractivity contribution in [1.82, 2.24) is 20.1 Å². The molecule has 0 aliphatic carbocycles. The van der Waals surface area contributed by atoms with Crippen molar-refractivity contribution < 1.29 is 9.59 Å². The number of carbonyl (C=O) groups excluding carboxylic acids is 2. The van der Waals surface area contributed by atoms with E-state index < -0.39 is 5.66 Å². The zero-order valence-corrected chi connectivity index (χ0v) is 17.5. The predicted octanol–water partition coefficient (Wildman–Crippen LogP) is 3.02. The monoisotopic (exact) mass is 432 g/mol. The minimum Gasteiger partial charge on any atom is -0.309 e. The fourth-order valence-electron chi connectivity index (χ4n) is 4.69. The maximum Gasteiger partial charge on any atom is 0.256 e. The Bertz CT molecular complexity index is 1140. The van der Waals surface area contributed by atoms with Crippen LogP contribution >= 0.6 is 11.6 Å². The van der Waals surface area contributed by atoms with Gasteiger partial charge in [-0.1, -0.05) is 48.0 Å². The van der Waals surface area contributed by atoms with E-state index in [-0.39, 0.29) is 18.4 Å². The second kappa shape index (κ2) is 7.80. The molecule has 31 heavy (non-hydrogen) atoms. The first kappa shape index (κ1) is 19.7. The second-order valence-corrected chi connectivity index (χ2v) is 8.13. The molecule has 1 aromatic heterocycles. The van der Waals surface area contributed by atoms with Crippen molar-refractivity contribution in [3.8, 4) is 0 Å². The van der Waals surface area contributed by atoms with Gasteiger partial charge >= 0.3 is 0 Å². The Morgan fingerprint density at radius 1 is 1.06 bits per heavy atom. The molecule has 1 atom stereocenters. The van der Waals surface area contributed by atoms with Crippen LogP contribution in [0.5, 0.6) is 0 Å². The number of amides is 2. The number of rotatable bonds is 5. The lowest BCUT2D eigenvalue weighted by atomic mass is 9.90. The van der Waals surface area contributed by atoms with Gasteiger partial charge in [0, 0.05) is 53.7 Å². The summed E-state index contributed by atoms with van der Waals surface area (Å²) >= 11 is 6.14. The summed E-state index contributed by atoms with van der Waals surface area (Å²) in [5.41, 5.74) is 2.38. The summed E-state index contributed by atoms with van der Waals surface area (Å²) < 4.78 is 0. The van der Waals surface area contributed by atoms with Gasteiger partial charge in [0.05, 0.1) is 6.54 Å². The number of carbonyl (C=O) groups is 2. The van der Waals surface area contributed by atoms with Crippen LogP contribution in [0.15, 0.2) is 73.1 Å². The third kappa shape index (κ3) is 3.10. The average molecular weight is 433 g/mol. The maximum atomic E-state index is 13.4. The fraction of sp³-hybridized carbons (Fsp3) is 0.208. The van der Waals surface area contributed by atoms with E-state index >= 15 is 0 Å². The van der Waals surface area contributed by atoms with Crippen LogP contribution in [-0.2, 0) is 17.0 Å². The molecular weight excluding hydrogens is 412 g/mol. The average Bonchev–Trinajstić information content (AvgIpc) is 3.31. The molecule has 6 nitrogen and oxygen atoms in total. The molecule has 1 fully saturated rings. The summed E-state index contributed by atoms with van der Waals surface area (Å²) in [6.45, 7) is 1.65. The number of fused-ring (bicyclic) bond motifs is 3. The first-order chi connectivity index (χ1) is 15.1. The van der Waals surface area contributed by atoms with Gasteiger partial charge < -0.3 is 15.1 Å². The van der Waals surface area contributed by atoms with E-state index in [1.807, 2.05) is 53.4 Å². The normalized spacial score (nSPS) is 19.5. The van der Waals surface area contributed by atoms with Gasteiger partial charge in [0.2, 0.25) is 5.91 Å². The zero-order valence-electron chi connectivity index (χ0n) is 16.8. The first-order valence-corrected chi connectivity index (χ1v) is 10.6. The van der Waals surface area contributed by atoms with Crippen LogP contribution < -0.4 is 5.32 Å². The molecule has 0 spiro atoms. The lowest BCUT2D eigenvalue weighted by Crippen LogP contribution is -2.53. The third-order valence-electron chi connectivity index (χ3n) is 5.98. The number of halogens is 1. The quantitative estimate of drug-likeness (QED) is 0.673. The molecule has 2 amide bonds. The van der Waals surface area contributed by atoms with E-state index in [0.717, 1.165) is 16.7 Å². The summed E-state index contributed by atoms with van der Waals surface area (Å²) in [6, 6.07) is 18.8. The highest BCUT2D eigenvalue weighted by Crippen LogP contribution is 2.49. The third-order valence-corrected chi connectivity index (χ3v) is 6.23. The van der Waals surface area contributed by atoms with Crippen molar-refractivity contribution in [3.05, 3.63) is 100 Å². The standard InChI is InChI=1S/C24H21ClN4O2/c25-19-9-7-18(8-10-19)24-21-6-2-1-5-20(21)23(31)29(24)13-12-28(24)22(30)16-27-15-17-4-3-11-26-14-17/h1-11,14,27H,12-13,15-16H2. The van der Waals surface area contributed by atoms with E-state index in [1.54, 1.807) is 29.4 Å². The van der Waals surface area contributed by atoms with Gasteiger partial charge in [0.25, 0.3) is 5.91 Å². The predicted molar refractivity (Wildman–Crippen MR) is 117 cm³/mol.